The van der Waals surface area contributed by atoms with Gasteiger partial charge in [0.25, 0.3) is 11.8 Å². The lowest BCUT2D eigenvalue weighted by atomic mass is 10.1. The highest BCUT2D eigenvalue weighted by Gasteiger charge is 2.13. The van der Waals surface area contributed by atoms with Crippen LogP contribution in [0.1, 0.15) is 40.4 Å². The van der Waals surface area contributed by atoms with Gasteiger partial charge in [0, 0.05) is 4.88 Å². The van der Waals surface area contributed by atoms with Crippen LogP contribution in [-0.4, -0.2) is 25.0 Å². The molecule has 0 spiro atoms. The minimum absolute atomic E-state index is 0.227. The summed E-state index contributed by atoms with van der Waals surface area (Å²) in [6, 6.07) is 8.99. The van der Waals surface area contributed by atoms with Crippen molar-refractivity contribution >= 4 is 23.2 Å². The van der Waals surface area contributed by atoms with Gasteiger partial charge in [-0.05, 0) is 44.0 Å². The first kappa shape index (κ1) is 19.8. The number of ether oxygens (including phenoxy) is 2. The Hall–Kier alpha value is -2.54. The van der Waals surface area contributed by atoms with E-state index < -0.39 is 5.91 Å². The molecule has 0 bridgehead atoms. The normalized spacial score (nSPS) is 10.3. The third-order valence-corrected chi connectivity index (χ3v) is 4.68. The van der Waals surface area contributed by atoms with Crippen LogP contribution in [0.3, 0.4) is 0 Å². The van der Waals surface area contributed by atoms with Gasteiger partial charge in [0.1, 0.15) is 0 Å². The quantitative estimate of drug-likeness (QED) is 0.694. The first-order valence-electron chi connectivity index (χ1n) is 8.58. The number of benzene rings is 1. The van der Waals surface area contributed by atoms with E-state index in [4.69, 9.17) is 9.47 Å². The molecule has 0 unspecified atom stereocenters. The Bertz CT molecular complexity index is 758. The summed E-state index contributed by atoms with van der Waals surface area (Å²) < 4.78 is 10.9. The minimum Gasteiger partial charge on any atom is -0.490 e. The molecule has 0 radical (unpaired) electrons. The van der Waals surface area contributed by atoms with Crippen molar-refractivity contribution in [2.75, 3.05) is 13.2 Å². The maximum Gasteiger partial charge on any atom is 0.279 e. The fourth-order valence-corrected chi connectivity index (χ4v) is 3.33. The number of hydrogen-bond donors (Lipinski definition) is 2. The van der Waals surface area contributed by atoms with Crippen LogP contribution in [-0.2, 0) is 11.2 Å². The first-order chi connectivity index (χ1) is 12.5. The average molecular weight is 376 g/mol. The second-order valence-electron chi connectivity index (χ2n) is 5.61. The number of hydrogen-bond acceptors (Lipinski definition) is 5. The van der Waals surface area contributed by atoms with Crippen LogP contribution >= 0.6 is 11.3 Å². The van der Waals surface area contributed by atoms with Crippen molar-refractivity contribution in [3.63, 3.8) is 0 Å². The summed E-state index contributed by atoms with van der Waals surface area (Å²) >= 11 is 1.42. The predicted molar refractivity (Wildman–Crippen MR) is 102 cm³/mol. The number of amides is 2. The van der Waals surface area contributed by atoms with E-state index in [1.54, 1.807) is 18.2 Å². The van der Waals surface area contributed by atoms with Crippen LogP contribution in [0.25, 0.3) is 0 Å². The molecule has 2 N–H and O–H groups in total. The van der Waals surface area contributed by atoms with Crippen LogP contribution in [0.5, 0.6) is 11.5 Å². The molecule has 6 nitrogen and oxygen atoms in total. The Kier molecular flexibility index (Phi) is 7.47. The SMILES string of the molecule is CCCc1cc(C(=O)NNC(=O)COc2ccccc2OCC)sc1C. The average Bonchev–Trinajstić information content (AvgIpc) is 3.00. The van der Waals surface area contributed by atoms with E-state index in [-0.39, 0.29) is 12.5 Å². The number of nitrogens with one attached hydrogen (secondary N) is 2. The Morgan fingerprint density at radius 2 is 1.77 bits per heavy atom. The zero-order valence-electron chi connectivity index (χ0n) is 15.3. The van der Waals surface area contributed by atoms with Crippen LogP contribution in [0, 0.1) is 6.92 Å². The van der Waals surface area contributed by atoms with E-state index in [1.807, 2.05) is 26.0 Å². The molecule has 1 aromatic heterocycles. The second-order valence-corrected chi connectivity index (χ2v) is 6.87. The third kappa shape index (κ3) is 5.49. The molecular weight excluding hydrogens is 352 g/mol. The Morgan fingerprint density at radius 1 is 1.08 bits per heavy atom. The van der Waals surface area contributed by atoms with E-state index in [0.29, 0.717) is 23.0 Å². The van der Waals surface area contributed by atoms with Crippen LogP contribution in [0.2, 0.25) is 0 Å². The van der Waals surface area contributed by atoms with Gasteiger partial charge < -0.3 is 9.47 Å². The number of aryl methyl sites for hydroxylation is 2. The minimum atomic E-state index is -0.452. The summed E-state index contributed by atoms with van der Waals surface area (Å²) in [4.78, 5) is 25.8. The van der Waals surface area contributed by atoms with Crippen molar-refractivity contribution in [1.82, 2.24) is 10.9 Å². The smallest absolute Gasteiger partial charge is 0.279 e. The number of hydrazine groups is 1. The zero-order valence-corrected chi connectivity index (χ0v) is 16.1. The van der Waals surface area contributed by atoms with Gasteiger partial charge >= 0.3 is 0 Å². The molecule has 1 heterocycles. The van der Waals surface area contributed by atoms with E-state index in [1.165, 1.54) is 16.9 Å². The summed E-state index contributed by atoms with van der Waals surface area (Å²) in [5.74, 6) is 0.272. The molecule has 0 fully saturated rings. The van der Waals surface area contributed by atoms with Gasteiger partial charge in [-0.3, -0.25) is 20.4 Å². The largest absolute Gasteiger partial charge is 0.490 e. The monoisotopic (exact) mass is 376 g/mol. The van der Waals surface area contributed by atoms with Crippen molar-refractivity contribution in [3.05, 3.63) is 45.6 Å². The Balaban J connectivity index is 1.83. The van der Waals surface area contributed by atoms with Crippen molar-refractivity contribution in [1.29, 1.82) is 0 Å². The van der Waals surface area contributed by atoms with Gasteiger partial charge in [0.2, 0.25) is 0 Å². The standard InChI is InChI=1S/C19H24N2O4S/c1-4-8-14-11-17(26-13(14)3)19(23)21-20-18(22)12-25-16-10-7-6-9-15(16)24-5-2/h6-7,9-11H,4-5,8,12H2,1-3H3,(H,20,22)(H,21,23). The van der Waals surface area contributed by atoms with Gasteiger partial charge in [0.15, 0.2) is 18.1 Å². The summed E-state index contributed by atoms with van der Waals surface area (Å²) in [7, 11) is 0. The van der Waals surface area contributed by atoms with Crippen LogP contribution < -0.4 is 20.3 Å². The Labute approximate surface area is 157 Å². The summed E-state index contributed by atoms with van der Waals surface area (Å²) in [6.07, 6.45) is 1.96. The van der Waals surface area contributed by atoms with Crippen molar-refractivity contribution in [3.8, 4) is 11.5 Å². The van der Waals surface area contributed by atoms with Gasteiger partial charge in [-0.1, -0.05) is 25.5 Å². The molecule has 26 heavy (non-hydrogen) atoms. The van der Waals surface area contributed by atoms with E-state index in [0.717, 1.165) is 17.7 Å². The molecule has 0 saturated heterocycles. The van der Waals surface area contributed by atoms with Crippen molar-refractivity contribution in [2.45, 2.75) is 33.6 Å². The molecule has 7 heteroatoms. The number of thiophene rings is 1. The second kappa shape index (κ2) is 9.82. The third-order valence-electron chi connectivity index (χ3n) is 3.59. The molecule has 0 atom stereocenters. The highest BCUT2D eigenvalue weighted by molar-refractivity contribution is 7.14. The molecular formula is C19H24N2O4S. The van der Waals surface area contributed by atoms with Gasteiger partial charge in [-0.2, -0.15) is 0 Å². The molecule has 0 aliphatic rings. The topological polar surface area (TPSA) is 76.7 Å². The zero-order chi connectivity index (χ0) is 18.9. The summed E-state index contributed by atoms with van der Waals surface area (Å²) in [5.41, 5.74) is 5.95. The molecule has 2 rings (SSSR count). The van der Waals surface area contributed by atoms with Gasteiger partial charge in [-0.15, -0.1) is 11.3 Å². The van der Waals surface area contributed by atoms with Gasteiger partial charge in [-0.25, -0.2) is 0 Å². The molecule has 140 valence electrons. The van der Waals surface area contributed by atoms with Crippen molar-refractivity contribution < 1.29 is 19.1 Å². The van der Waals surface area contributed by atoms with Crippen LogP contribution in [0.15, 0.2) is 30.3 Å². The summed E-state index contributed by atoms with van der Waals surface area (Å²) in [6.45, 7) is 6.24. The van der Waals surface area contributed by atoms with E-state index in [9.17, 15) is 9.59 Å². The molecule has 2 aromatic rings. The molecule has 2 amide bonds. The fraction of sp³-hybridized carbons (Fsp3) is 0.368. The number of carbonyl (C=O) groups is 2. The fourth-order valence-electron chi connectivity index (χ4n) is 2.36. The van der Waals surface area contributed by atoms with Gasteiger partial charge in [0.05, 0.1) is 11.5 Å². The predicted octanol–water partition coefficient (Wildman–Crippen LogP) is 3.25. The molecule has 0 aliphatic carbocycles. The number of carbonyl (C=O) groups excluding carboxylic acids is 2. The number of para-hydroxylation sites is 2. The molecule has 0 saturated carbocycles. The van der Waals surface area contributed by atoms with E-state index >= 15 is 0 Å². The molecule has 1 aromatic carbocycles. The lowest BCUT2D eigenvalue weighted by Crippen LogP contribution is -2.43. The highest BCUT2D eigenvalue weighted by atomic mass is 32.1. The lowest BCUT2D eigenvalue weighted by Gasteiger charge is -2.11. The number of rotatable bonds is 8. The van der Waals surface area contributed by atoms with Crippen LogP contribution in [0.4, 0.5) is 0 Å². The first-order valence-corrected chi connectivity index (χ1v) is 9.39. The maximum absolute atomic E-state index is 12.2. The Morgan fingerprint density at radius 3 is 2.42 bits per heavy atom. The molecule has 0 aliphatic heterocycles. The lowest BCUT2D eigenvalue weighted by molar-refractivity contribution is -0.123. The summed E-state index contributed by atoms with van der Waals surface area (Å²) in [5, 5.41) is 0. The highest BCUT2D eigenvalue weighted by Crippen LogP contribution is 2.26. The van der Waals surface area contributed by atoms with Crippen molar-refractivity contribution in [2.24, 2.45) is 0 Å². The maximum atomic E-state index is 12.2. The van der Waals surface area contributed by atoms with E-state index in [2.05, 4.69) is 17.8 Å².